The Morgan fingerprint density at radius 2 is 2.26 bits per heavy atom. The largest absolute Gasteiger partial charge is 0.481 e. The topological polar surface area (TPSA) is 84.9 Å². The molecule has 6 nitrogen and oxygen atoms in total. The highest BCUT2D eigenvalue weighted by molar-refractivity contribution is 5.78. The fourth-order valence-corrected chi connectivity index (χ4v) is 2.35. The molecule has 110 valence electrons. The summed E-state index contributed by atoms with van der Waals surface area (Å²) in [5.41, 5.74) is -0.867. The molecule has 1 rings (SSSR count). The minimum absolute atomic E-state index is 0.156. The van der Waals surface area contributed by atoms with E-state index in [-0.39, 0.29) is 25.0 Å². The summed E-state index contributed by atoms with van der Waals surface area (Å²) in [6.45, 7) is 2.62. The minimum Gasteiger partial charge on any atom is -0.481 e. The first-order valence-electron chi connectivity index (χ1n) is 6.58. The van der Waals surface area contributed by atoms with E-state index >= 15 is 0 Å². The van der Waals surface area contributed by atoms with Crippen molar-refractivity contribution in [3.63, 3.8) is 0 Å². The summed E-state index contributed by atoms with van der Waals surface area (Å²) in [6, 6.07) is 0. The molecule has 1 heterocycles. The van der Waals surface area contributed by atoms with E-state index in [1.807, 2.05) is 0 Å². The molecule has 2 unspecified atom stereocenters. The number of carbonyl (C=O) groups is 2. The lowest BCUT2D eigenvalue weighted by atomic mass is 9.98. The highest BCUT2D eigenvalue weighted by atomic mass is 16.5. The van der Waals surface area contributed by atoms with Gasteiger partial charge in [0.1, 0.15) is 0 Å². The SMILES string of the molecule is COCC(C)(CC(=O)O)NC(=O)CCC1CCCO1. The molecule has 1 amide bonds. The third-order valence-corrected chi connectivity index (χ3v) is 3.16. The van der Waals surface area contributed by atoms with Gasteiger partial charge in [0, 0.05) is 20.1 Å². The first kappa shape index (κ1) is 15.9. The molecule has 2 atom stereocenters. The van der Waals surface area contributed by atoms with Crippen molar-refractivity contribution in [1.82, 2.24) is 5.32 Å². The number of ether oxygens (including phenoxy) is 2. The van der Waals surface area contributed by atoms with Gasteiger partial charge in [-0.2, -0.15) is 0 Å². The maximum absolute atomic E-state index is 11.9. The summed E-state index contributed by atoms with van der Waals surface area (Å²) < 4.78 is 10.4. The van der Waals surface area contributed by atoms with E-state index in [0.717, 1.165) is 19.4 Å². The van der Waals surface area contributed by atoms with Crippen molar-refractivity contribution >= 4 is 11.9 Å². The second kappa shape index (κ2) is 7.45. The number of hydrogen-bond donors (Lipinski definition) is 2. The Bertz CT molecular complexity index is 314. The number of nitrogens with one attached hydrogen (secondary N) is 1. The van der Waals surface area contributed by atoms with E-state index in [1.54, 1.807) is 6.92 Å². The molecule has 2 N–H and O–H groups in total. The quantitative estimate of drug-likeness (QED) is 0.687. The Morgan fingerprint density at radius 1 is 1.53 bits per heavy atom. The number of amides is 1. The Kier molecular flexibility index (Phi) is 6.24. The number of carboxylic acid groups (broad SMARTS) is 1. The predicted molar refractivity (Wildman–Crippen MR) is 68.9 cm³/mol. The molecule has 1 saturated heterocycles. The zero-order valence-electron chi connectivity index (χ0n) is 11.6. The molecular weight excluding hydrogens is 250 g/mol. The maximum atomic E-state index is 11.9. The molecule has 0 aromatic carbocycles. The van der Waals surface area contributed by atoms with Crippen LogP contribution in [0.25, 0.3) is 0 Å². The molecule has 0 radical (unpaired) electrons. The number of hydrogen-bond acceptors (Lipinski definition) is 4. The van der Waals surface area contributed by atoms with Gasteiger partial charge in [0.2, 0.25) is 5.91 Å². The van der Waals surface area contributed by atoms with Gasteiger partial charge in [0.15, 0.2) is 0 Å². The van der Waals surface area contributed by atoms with E-state index in [4.69, 9.17) is 14.6 Å². The summed E-state index contributed by atoms with van der Waals surface area (Å²) in [6.07, 6.45) is 3.08. The monoisotopic (exact) mass is 273 g/mol. The van der Waals surface area contributed by atoms with Crippen LogP contribution in [0.5, 0.6) is 0 Å². The molecule has 1 fully saturated rings. The second-order valence-corrected chi connectivity index (χ2v) is 5.29. The zero-order chi connectivity index (χ0) is 14.3. The van der Waals surface area contributed by atoms with Gasteiger partial charge in [0.25, 0.3) is 0 Å². The molecule has 0 bridgehead atoms. The molecule has 19 heavy (non-hydrogen) atoms. The van der Waals surface area contributed by atoms with Crippen molar-refractivity contribution in [3.05, 3.63) is 0 Å². The Balaban J connectivity index is 2.39. The molecule has 0 aliphatic carbocycles. The standard InChI is InChI=1S/C13H23NO5/c1-13(9-18-2,8-12(16)17)14-11(15)6-5-10-4-3-7-19-10/h10H,3-9H2,1-2H3,(H,14,15)(H,16,17). The Labute approximate surface area is 113 Å². The molecule has 1 aliphatic rings. The van der Waals surface area contributed by atoms with E-state index in [0.29, 0.717) is 12.8 Å². The number of aliphatic carboxylic acids is 1. The third kappa shape index (κ3) is 6.02. The van der Waals surface area contributed by atoms with Crippen molar-refractivity contribution in [2.75, 3.05) is 20.3 Å². The molecule has 1 aliphatic heterocycles. The van der Waals surface area contributed by atoms with Gasteiger partial charge in [-0.3, -0.25) is 9.59 Å². The highest BCUT2D eigenvalue weighted by Crippen LogP contribution is 2.17. The van der Waals surface area contributed by atoms with Crippen LogP contribution in [0, 0.1) is 0 Å². The van der Waals surface area contributed by atoms with Crippen molar-refractivity contribution in [1.29, 1.82) is 0 Å². The molecule has 0 spiro atoms. The van der Waals surface area contributed by atoms with Gasteiger partial charge < -0.3 is 19.9 Å². The van der Waals surface area contributed by atoms with Gasteiger partial charge in [-0.25, -0.2) is 0 Å². The van der Waals surface area contributed by atoms with E-state index in [2.05, 4.69) is 5.32 Å². The molecule has 6 heteroatoms. The van der Waals surface area contributed by atoms with E-state index < -0.39 is 11.5 Å². The van der Waals surface area contributed by atoms with E-state index in [9.17, 15) is 9.59 Å². The normalized spacial score (nSPS) is 21.9. The van der Waals surface area contributed by atoms with Crippen LogP contribution < -0.4 is 5.32 Å². The van der Waals surface area contributed by atoms with Crippen molar-refractivity contribution in [3.8, 4) is 0 Å². The molecule has 0 aromatic rings. The fraction of sp³-hybridized carbons (Fsp3) is 0.846. The van der Waals surface area contributed by atoms with Gasteiger partial charge in [-0.1, -0.05) is 0 Å². The van der Waals surface area contributed by atoms with Crippen LogP contribution in [-0.2, 0) is 19.1 Å². The highest BCUT2D eigenvalue weighted by Gasteiger charge is 2.29. The lowest BCUT2D eigenvalue weighted by Crippen LogP contribution is -2.50. The Morgan fingerprint density at radius 3 is 2.79 bits per heavy atom. The summed E-state index contributed by atoms with van der Waals surface area (Å²) in [4.78, 5) is 22.7. The average molecular weight is 273 g/mol. The van der Waals surface area contributed by atoms with Gasteiger partial charge in [0.05, 0.1) is 24.7 Å². The van der Waals surface area contributed by atoms with Gasteiger partial charge in [-0.15, -0.1) is 0 Å². The second-order valence-electron chi connectivity index (χ2n) is 5.29. The molecule has 0 aromatic heterocycles. The van der Waals surface area contributed by atoms with Gasteiger partial charge in [-0.05, 0) is 26.2 Å². The summed E-state index contributed by atoms with van der Waals surface area (Å²) in [5.74, 6) is -1.12. The average Bonchev–Trinajstić information content (AvgIpc) is 2.77. The third-order valence-electron chi connectivity index (χ3n) is 3.16. The van der Waals surface area contributed by atoms with Crippen LogP contribution in [-0.4, -0.2) is 48.9 Å². The fourth-order valence-electron chi connectivity index (χ4n) is 2.35. The van der Waals surface area contributed by atoms with Crippen molar-refractivity contribution < 1.29 is 24.2 Å². The van der Waals surface area contributed by atoms with Crippen LogP contribution in [0.4, 0.5) is 0 Å². The predicted octanol–water partition coefficient (Wildman–Crippen LogP) is 0.942. The summed E-state index contributed by atoms with van der Waals surface area (Å²) >= 11 is 0. The molecule has 0 saturated carbocycles. The molecular formula is C13H23NO5. The minimum atomic E-state index is -0.959. The zero-order valence-corrected chi connectivity index (χ0v) is 11.6. The lowest BCUT2D eigenvalue weighted by molar-refractivity contribution is -0.139. The number of rotatable bonds is 8. The van der Waals surface area contributed by atoms with Crippen LogP contribution in [0.15, 0.2) is 0 Å². The van der Waals surface area contributed by atoms with E-state index in [1.165, 1.54) is 7.11 Å². The first-order valence-corrected chi connectivity index (χ1v) is 6.58. The van der Waals surface area contributed by atoms with Crippen LogP contribution in [0.1, 0.15) is 39.0 Å². The van der Waals surface area contributed by atoms with Crippen LogP contribution in [0.2, 0.25) is 0 Å². The maximum Gasteiger partial charge on any atom is 0.305 e. The number of carbonyl (C=O) groups excluding carboxylic acids is 1. The van der Waals surface area contributed by atoms with Crippen molar-refractivity contribution in [2.45, 2.75) is 50.7 Å². The van der Waals surface area contributed by atoms with Gasteiger partial charge >= 0.3 is 5.97 Å². The summed E-state index contributed by atoms with van der Waals surface area (Å²) in [5, 5.41) is 11.6. The first-order chi connectivity index (χ1) is 8.95. The number of methoxy groups -OCH3 is 1. The van der Waals surface area contributed by atoms with Crippen LogP contribution in [0.3, 0.4) is 0 Å². The van der Waals surface area contributed by atoms with Crippen molar-refractivity contribution in [2.24, 2.45) is 0 Å². The summed E-state index contributed by atoms with van der Waals surface area (Å²) in [7, 11) is 1.48. The smallest absolute Gasteiger partial charge is 0.305 e. The Hall–Kier alpha value is -1.14. The van der Waals surface area contributed by atoms with Crippen LogP contribution >= 0.6 is 0 Å². The lowest BCUT2D eigenvalue weighted by Gasteiger charge is -2.28. The number of carboxylic acids is 1.